The number of nitrogens with one attached hydrogen (secondary N) is 1. The van der Waals surface area contributed by atoms with E-state index in [1.807, 2.05) is 57.3 Å². The van der Waals surface area contributed by atoms with E-state index in [-0.39, 0.29) is 23.7 Å². The third-order valence-electron chi connectivity index (χ3n) is 4.71. The Kier molecular flexibility index (Phi) is 5.68. The van der Waals surface area contributed by atoms with Crippen molar-refractivity contribution in [2.45, 2.75) is 26.8 Å². The molecule has 1 atom stereocenters. The third-order valence-corrected chi connectivity index (χ3v) is 4.71. The zero-order valence-electron chi connectivity index (χ0n) is 16.5. The molecule has 1 N–H and O–H groups in total. The summed E-state index contributed by atoms with van der Waals surface area (Å²) in [5, 5.41) is 7.17. The van der Waals surface area contributed by atoms with Gasteiger partial charge >= 0.3 is 0 Å². The van der Waals surface area contributed by atoms with E-state index in [1.54, 1.807) is 23.7 Å². The maximum absolute atomic E-state index is 12.9. The van der Waals surface area contributed by atoms with Gasteiger partial charge in [-0.2, -0.15) is 5.10 Å². The van der Waals surface area contributed by atoms with Crippen LogP contribution in [-0.2, 0) is 7.05 Å². The number of aryl methyl sites for hydroxylation is 1. The highest BCUT2D eigenvalue weighted by Crippen LogP contribution is 2.23. The lowest BCUT2D eigenvalue weighted by Crippen LogP contribution is -2.33. The summed E-state index contributed by atoms with van der Waals surface area (Å²) in [6, 6.07) is 14.6. The molecule has 0 radical (unpaired) electrons. The average molecular weight is 376 g/mol. The number of hydrogen-bond donors (Lipinski definition) is 1. The monoisotopic (exact) mass is 376 g/mol. The number of Topliss-reactive ketones (excluding diaryl/α,β-unsaturated/α-hetero) is 1. The summed E-state index contributed by atoms with van der Waals surface area (Å²) in [5.41, 5.74) is 2.99. The van der Waals surface area contributed by atoms with Gasteiger partial charge in [-0.3, -0.25) is 14.3 Å². The number of aromatic nitrogens is 3. The first-order valence-corrected chi connectivity index (χ1v) is 9.23. The molecule has 0 aliphatic heterocycles. The lowest BCUT2D eigenvalue weighted by molar-refractivity contribution is 0.0921. The molecule has 0 saturated carbocycles. The zero-order chi connectivity index (χ0) is 20.3. The Morgan fingerprint density at radius 3 is 2.14 bits per heavy atom. The van der Waals surface area contributed by atoms with Crippen molar-refractivity contribution in [1.29, 1.82) is 0 Å². The first-order valence-electron chi connectivity index (χ1n) is 9.23. The molecule has 1 heterocycles. The van der Waals surface area contributed by atoms with E-state index in [2.05, 4.69) is 15.4 Å². The molecule has 144 valence electrons. The smallest absolute Gasteiger partial charge is 0.251 e. The molecule has 2 aromatic carbocycles. The molecule has 1 amide bonds. The molecule has 0 aliphatic rings. The molecule has 6 heteroatoms. The second kappa shape index (κ2) is 8.17. The summed E-state index contributed by atoms with van der Waals surface area (Å²) < 4.78 is 1.68. The van der Waals surface area contributed by atoms with Gasteiger partial charge in [0.2, 0.25) is 0 Å². The van der Waals surface area contributed by atoms with Crippen LogP contribution in [-0.4, -0.2) is 26.5 Å². The molecule has 0 fully saturated rings. The minimum absolute atomic E-state index is 0.0131. The number of hydrogen-bond acceptors (Lipinski definition) is 4. The van der Waals surface area contributed by atoms with Crippen LogP contribution in [0.4, 0.5) is 0 Å². The number of carbonyl (C=O) groups excluding carboxylic acids is 2. The Labute approximate surface area is 164 Å². The number of nitrogens with zero attached hydrogens (tertiary/aromatic N) is 3. The molecule has 0 unspecified atom stereocenters. The van der Waals surface area contributed by atoms with E-state index < -0.39 is 0 Å². The van der Waals surface area contributed by atoms with Crippen molar-refractivity contribution in [3.63, 3.8) is 0 Å². The van der Waals surface area contributed by atoms with Gasteiger partial charge in [0.25, 0.3) is 5.91 Å². The van der Waals surface area contributed by atoms with E-state index in [0.29, 0.717) is 17.0 Å². The Bertz CT molecular complexity index is 1010. The normalized spacial score (nSPS) is 12.0. The topological polar surface area (TPSA) is 76.9 Å². The van der Waals surface area contributed by atoms with Gasteiger partial charge in [-0.1, -0.05) is 44.2 Å². The molecule has 3 aromatic rings. The first kappa shape index (κ1) is 19.5. The van der Waals surface area contributed by atoms with Gasteiger partial charge < -0.3 is 5.32 Å². The minimum atomic E-state index is -0.246. The van der Waals surface area contributed by atoms with Gasteiger partial charge in [-0.15, -0.1) is 0 Å². The van der Waals surface area contributed by atoms with Gasteiger partial charge in [0.05, 0.1) is 6.04 Å². The van der Waals surface area contributed by atoms with Crippen molar-refractivity contribution >= 4 is 11.7 Å². The largest absolute Gasteiger partial charge is 0.342 e. The number of rotatable bonds is 6. The van der Waals surface area contributed by atoms with Crippen molar-refractivity contribution in [3.05, 3.63) is 71.8 Å². The molecule has 0 spiro atoms. The maximum Gasteiger partial charge on any atom is 0.251 e. The first-order chi connectivity index (χ1) is 13.4. The van der Waals surface area contributed by atoms with Crippen LogP contribution >= 0.6 is 0 Å². The van der Waals surface area contributed by atoms with E-state index >= 15 is 0 Å². The van der Waals surface area contributed by atoms with Crippen LogP contribution < -0.4 is 5.32 Å². The van der Waals surface area contributed by atoms with Crippen LogP contribution in [0.15, 0.2) is 54.9 Å². The number of amides is 1. The SMILES string of the molecule is CC(=O)c1cccc(-c2cccc(C(=O)N[C@@H](c3ncnn3C)C(C)C)c2)c1. The number of carbonyl (C=O) groups is 2. The molecular formula is C22H24N4O2. The van der Waals surface area contributed by atoms with Gasteiger partial charge in [-0.05, 0) is 42.2 Å². The van der Waals surface area contributed by atoms with Crippen LogP contribution in [0.1, 0.15) is 53.4 Å². The fourth-order valence-corrected chi connectivity index (χ4v) is 3.10. The highest BCUT2D eigenvalue weighted by Gasteiger charge is 2.23. The summed E-state index contributed by atoms with van der Waals surface area (Å²) in [6.45, 7) is 5.61. The molecule has 28 heavy (non-hydrogen) atoms. The third kappa shape index (κ3) is 4.17. The van der Waals surface area contributed by atoms with Gasteiger partial charge in [0.1, 0.15) is 12.2 Å². The lowest BCUT2D eigenvalue weighted by atomic mass is 9.99. The van der Waals surface area contributed by atoms with Crippen LogP contribution in [0, 0.1) is 5.92 Å². The fourth-order valence-electron chi connectivity index (χ4n) is 3.10. The van der Waals surface area contributed by atoms with Gasteiger partial charge in [0, 0.05) is 18.2 Å². The zero-order valence-corrected chi connectivity index (χ0v) is 16.5. The van der Waals surface area contributed by atoms with Crippen LogP contribution in [0.5, 0.6) is 0 Å². The van der Waals surface area contributed by atoms with Crippen LogP contribution in [0.25, 0.3) is 11.1 Å². The summed E-state index contributed by atoms with van der Waals surface area (Å²) in [6.07, 6.45) is 1.49. The van der Waals surface area contributed by atoms with E-state index in [9.17, 15) is 9.59 Å². The summed E-state index contributed by atoms with van der Waals surface area (Å²) in [4.78, 5) is 28.8. The Morgan fingerprint density at radius 1 is 1.00 bits per heavy atom. The molecule has 0 saturated heterocycles. The second-order valence-corrected chi connectivity index (χ2v) is 7.15. The number of benzene rings is 2. The Balaban J connectivity index is 1.87. The van der Waals surface area contributed by atoms with Crippen molar-refractivity contribution < 1.29 is 9.59 Å². The highest BCUT2D eigenvalue weighted by molar-refractivity contribution is 5.97. The van der Waals surface area contributed by atoms with Crippen molar-refractivity contribution in [1.82, 2.24) is 20.1 Å². The molecule has 0 bridgehead atoms. The Morgan fingerprint density at radius 2 is 1.61 bits per heavy atom. The summed E-state index contributed by atoms with van der Waals surface area (Å²) in [5.74, 6) is 0.710. The van der Waals surface area contributed by atoms with E-state index in [0.717, 1.165) is 11.1 Å². The lowest BCUT2D eigenvalue weighted by Gasteiger charge is -2.21. The molecular weight excluding hydrogens is 352 g/mol. The van der Waals surface area contributed by atoms with E-state index in [1.165, 1.54) is 6.33 Å². The van der Waals surface area contributed by atoms with E-state index in [4.69, 9.17) is 0 Å². The highest BCUT2D eigenvalue weighted by atomic mass is 16.1. The van der Waals surface area contributed by atoms with Gasteiger partial charge in [-0.25, -0.2) is 4.98 Å². The minimum Gasteiger partial charge on any atom is -0.342 e. The standard InChI is InChI=1S/C22H24N4O2/c1-14(2)20(21-23-13-24-26(21)4)25-22(28)19-10-6-9-18(12-19)17-8-5-7-16(11-17)15(3)27/h5-14,20H,1-4H3,(H,25,28)/t20-/m1/s1. The van der Waals surface area contributed by atoms with Crippen LogP contribution in [0.3, 0.4) is 0 Å². The summed E-state index contributed by atoms with van der Waals surface area (Å²) in [7, 11) is 1.81. The van der Waals surface area contributed by atoms with Crippen molar-refractivity contribution in [2.24, 2.45) is 13.0 Å². The Hall–Kier alpha value is -3.28. The molecule has 0 aliphatic carbocycles. The predicted octanol–water partition coefficient (Wildman–Crippen LogP) is 3.81. The average Bonchev–Trinajstić information content (AvgIpc) is 3.11. The van der Waals surface area contributed by atoms with Gasteiger partial charge in [0.15, 0.2) is 5.78 Å². The second-order valence-electron chi connectivity index (χ2n) is 7.15. The summed E-state index contributed by atoms with van der Waals surface area (Å²) >= 11 is 0. The quantitative estimate of drug-likeness (QED) is 0.664. The fraction of sp³-hybridized carbons (Fsp3) is 0.273. The molecule has 3 rings (SSSR count). The number of ketones is 1. The van der Waals surface area contributed by atoms with Crippen molar-refractivity contribution in [2.75, 3.05) is 0 Å². The molecule has 1 aromatic heterocycles. The van der Waals surface area contributed by atoms with Crippen LogP contribution in [0.2, 0.25) is 0 Å². The maximum atomic E-state index is 12.9. The van der Waals surface area contributed by atoms with Crippen molar-refractivity contribution in [3.8, 4) is 11.1 Å². The predicted molar refractivity (Wildman–Crippen MR) is 108 cm³/mol. The molecule has 6 nitrogen and oxygen atoms in total.